The third-order valence-corrected chi connectivity index (χ3v) is 3.10. The van der Waals surface area contributed by atoms with Gasteiger partial charge in [0.1, 0.15) is 13.9 Å². The quantitative estimate of drug-likeness (QED) is 0.477. The molecular formula is C13H18N2O2Si. The number of carbonyl (C=O) groups is 1. The maximum atomic E-state index is 11.6. The smallest absolute Gasteiger partial charge is 0.339 e. The van der Waals surface area contributed by atoms with Crippen LogP contribution in [0.3, 0.4) is 0 Å². The number of hydrogen-bond acceptors (Lipinski definition) is 4. The van der Waals surface area contributed by atoms with E-state index in [1.807, 2.05) is 0 Å². The van der Waals surface area contributed by atoms with Gasteiger partial charge in [0.2, 0.25) is 0 Å². The number of esters is 1. The Labute approximate surface area is 109 Å². The summed E-state index contributed by atoms with van der Waals surface area (Å²) in [6.07, 6.45) is 0. The summed E-state index contributed by atoms with van der Waals surface area (Å²) in [5.74, 6) is 2.95. The van der Waals surface area contributed by atoms with Gasteiger partial charge in [0.25, 0.3) is 0 Å². The summed E-state index contributed by atoms with van der Waals surface area (Å²) in [6, 6.07) is 1.65. The lowest BCUT2D eigenvalue weighted by Gasteiger charge is -2.07. The molecule has 2 N–H and O–H groups in total. The van der Waals surface area contributed by atoms with Gasteiger partial charge in [-0.05, 0) is 13.0 Å². The van der Waals surface area contributed by atoms with Crippen LogP contribution >= 0.6 is 0 Å². The van der Waals surface area contributed by atoms with Crippen molar-refractivity contribution in [2.75, 3.05) is 12.8 Å². The van der Waals surface area contributed by atoms with Crippen molar-refractivity contribution in [2.24, 2.45) is 0 Å². The zero-order valence-electron chi connectivity index (χ0n) is 11.4. The summed E-state index contributed by atoms with van der Waals surface area (Å²) >= 11 is 0. The van der Waals surface area contributed by atoms with Crippen LogP contribution in [0.1, 0.15) is 21.6 Å². The molecule has 18 heavy (non-hydrogen) atoms. The first-order chi connectivity index (χ1) is 8.24. The molecule has 1 rings (SSSR count). The van der Waals surface area contributed by atoms with Crippen LogP contribution in [0.2, 0.25) is 19.6 Å². The summed E-state index contributed by atoms with van der Waals surface area (Å²) in [6.45, 7) is 8.13. The van der Waals surface area contributed by atoms with Crippen molar-refractivity contribution in [3.05, 3.63) is 22.9 Å². The van der Waals surface area contributed by atoms with E-state index in [1.54, 1.807) is 13.0 Å². The number of carbonyl (C=O) groups excluding carboxylic acids is 1. The normalized spacial score (nSPS) is 10.5. The Hall–Kier alpha value is -1.80. The molecule has 0 amide bonds. The second-order valence-corrected chi connectivity index (χ2v) is 9.80. The van der Waals surface area contributed by atoms with Crippen LogP contribution in [0, 0.1) is 18.4 Å². The van der Waals surface area contributed by atoms with E-state index in [1.165, 1.54) is 7.11 Å². The van der Waals surface area contributed by atoms with Crippen LogP contribution < -0.4 is 5.73 Å². The van der Waals surface area contributed by atoms with E-state index in [2.05, 4.69) is 36.1 Å². The number of pyridine rings is 1. The number of nitrogen functional groups attached to an aromatic ring is 1. The molecule has 5 heteroatoms. The van der Waals surface area contributed by atoms with Crippen molar-refractivity contribution in [3.63, 3.8) is 0 Å². The van der Waals surface area contributed by atoms with E-state index in [4.69, 9.17) is 10.5 Å². The number of nitrogens with two attached hydrogens (primary N) is 1. The molecule has 0 aliphatic carbocycles. The minimum atomic E-state index is -1.49. The van der Waals surface area contributed by atoms with Gasteiger partial charge in [-0.1, -0.05) is 25.6 Å². The van der Waals surface area contributed by atoms with E-state index >= 15 is 0 Å². The first-order valence-corrected chi connectivity index (χ1v) is 9.13. The molecule has 0 aliphatic heterocycles. The van der Waals surface area contributed by atoms with Gasteiger partial charge in [0, 0.05) is 0 Å². The first kappa shape index (κ1) is 14.3. The average molecular weight is 262 g/mol. The third kappa shape index (κ3) is 3.60. The number of aromatic nitrogens is 1. The molecule has 0 atom stereocenters. The standard InChI is InChI=1S/C13H18N2O2Si/c1-9-11(13(16)17-2)8-10(12(14)15-9)6-7-18(3,4)5/h8H,1-5H3,(H2,14,15). The Morgan fingerprint density at radius 3 is 2.56 bits per heavy atom. The SMILES string of the molecule is COC(=O)c1cc(C#C[Si](C)(C)C)c(N)nc1C. The largest absolute Gasteiger partial charge is 0.465 e. The molecule has 0 bridgehead atoms. The maximum absolute atomic E-state index is 11.6. The molecule has 0 saturated heterocycles. The summed E-state index contributed by atoms with van der Waals surface area (Å²) < 4.78 is 4.70. The van der Waals surface area contributed by atoms with Gasteiger partial charge in [-0.15, -0.1) is 5.54 Å². The Kier molecular flexibility index (Phi) is 4.14. The molecule has 1 aromatic heterocycles. The summed E-state index contributed by atoms with van der Waals surface area (Å²) in [5.41, 5.74) is 10.6. The molecule has 1 aromatic rings. The van der Waals surface area contributed by atoms with Crippen molar-refractivity contribution in [3.8, 4) is 11.5 Å². The van der Waals surface area contributed by atoms with Crippen LogP contribution in [0.25, 0.3) is 0 Å². The highest BCUT2D eigenvalue weighted by Gasteiger charge is 2.14. The van der Waals surface area contributed by atoms with Crippen LogP contribution in [-0.2, 0) is 4.74 Å². The van der Waals surface area contributed by atoms with E-state index in [0.29, 0.717) is 22.6 Å². The highest BCUT2D eigenvalue weighted by Crippen LogP contribution is 2.15. The van der Waals surface area contributed by atoms with Crippen molar-refractivity contribution in [1.29, 1.82) is 0 Å². The van der Waals surface area contributed by atoms with E-state index in [-0.39, 0.29) is 0 Å². The fourth-order valence-electron chi connectivity index (χ4n) is 1.30. The van der Waals surface area contributed by atoms with Crippen molar-refractivity contribution in [1.82, 2.24) is 4.98 Å². The summed E-state index contributed by atoms with van der Waals surface area (Å²) in [5, 5.41) is 0. The molecule has 0 radical (unpaired) electrons. The zero-order valence-corrected chi connectivity index (χ0v) is 12.4. The van der Waals surface area contributed by atoms with Crippen molar-refractivity contribution < 1.29 is 9.53 Å². The predicted octanol–water partition coefficient (Wildman–Crippen LogP) is 1.99. The van der Waals surface area contributed by atoms with Crippen LogP contribution in [0.15, 0.2) is 6.07 Å². The lowest BCUT2D eigenvalue weighted by Crippen LogP contribution is -2.16. The fraction of sp³-hybridized carbons (Fsp3) is 0.385. The Bertz CT molecular complexity index is 536. The molecule has 0 unspecified atom stereocenters. The van der Waals surface area contributed by atoms with Gasteiger partial charge in [0.15, 0.2) is 0 Å². The number of aryl methyl sites for hydroxylation is 1. The Morgan fingerprint density at radius 2 is 2.06 bits per heavy atom. The second kappa shape index (κ2) is 5.23. The number of nitrogens with zero attached hydrogens (tertiary/aromatic N) is 1. The topological polar surface area (TPSA) is 65.2 Å². The van der Waals surface area contributed by atoms with Gasteiger partial charge in [-0.2, -0.15) is 0 Å². The van der Waals surface area contributed by atoms with Gasteiger partial charge in [-0.3, -0.25) is 0 Å². The molecule has 0 fully saturated rings. The lowest BCUT2D eigenvalue weighted by molar-refractivity contribution is 0.0599. The number of methoxy groups -OCH3 is 1. The molecule has 0 saturated carbocycles. The molecule has 0 spiro atoms. The number of ether oxygens (including phenoxy) is 1. The minimum absolute atomic E-state index is 0.353. The number of hydrogen-bond donors (Lipinski definition) is 1. The number of anilines is 1. The first-order valence-electron chi connectivity index (χ1n) is 5.63. The Morgan fingerprint density at radius 1 is 1.44 bits per heavy atom. The lowest BCUT2D eigenvalue weighted by atomic mass is 10.1. The maximum Gasteiger partial charge on any atom is 0.339 e. The molecule has 1 heterocycles. The molecule has 4 nitrogen and oxygen atoms in total. The van der Waals surface area contributed by atoms with Crippen LogP contribution in [0.4, 0.5) is 5.82 Å². The fourth-order valence-corrected chi connectivity index (χ4v) is 1.81. The average Bonchev–Trinajstić information content (AvgIpc) is 2.25. The molecule has 0 aromatic carbocycles. The van der Waals surface area contributed by atoms with Gasteiger partial charge in [0.05, 0.1) is 23.9 Å². The minimum Gasteiger partial charge on any atom is -0.465 e. The van der Waals surface area contributed by atoms with Gasteiger partial charge < -0.3 is 10.5 Å². The van der Waals surface area contributed by atoms with E-state index in [9.17, 15) is 4.79 Å². The highest BCUT2D eigenvalue weighted by atomic mass is 28.3. The molecule has 96 valence electrons. The summed E-state index contributed by atoms with van der Waals surface area (Å²) in [4.78, 5) is 15.7. The van der Waals surface area contributed by atoms with E-state index in [0.717, 1.165) is 0 Å². The van der Waals surface area contributed by atoms with Gasteiger partial charge >= 0.3 is 5.97 Å². The van der Waals surface area contributed by atoms with Crippen molar-refractivity contribution >= 4 is 19.9 Å². The van der Waals surface area contributed by atoms with Crippen LogP contribution in [-0.4, -0.2) is 26.1 Å². The molecule has 0 aliphatic rings. The molecular weight excluding hydrogens is 244 g/mol. The monoisotopic (exact) mass is 262 g/mol. The Balaban J connectivity index is 3.28. The third-order valence-electron chi connectivity index (χ3n) is 2.22. The zero-order chi connectivity index (χ0) is 13.9. The predicted molar refractivity (Wildman–Crippen MR) is 74.9 cm³/mol. The number of rotatable bonds is 1. The van der Waals surface area contributed by atoms with Gasteiger partial charge in [-0.25, -0.2) is 9.78 Å². The summed E-state index contributed by atoms with van der Waals surface area (Å²) in [7, 11) is -0.151. The van der Waals surface area contributed by atoms with E-state index < -0.39 is 14.0 Å². The van der Waals surface area contributed by atoms with Crippen LogP contribution in [0.5, 0.6) is 0 Å². The second-order valence-electron chi connectivity index (χ2n) is 5.05. The van der Waals surface area contributed by atoms with Crippen molar-refractivity contribution in [2.45, 2.75) is 26.6 Å². The highest BCUT2D eigenvalue weighted by molar-refractivity contribution is 6.83.